The van der Waals surface area contributed by atoms with Gasteiger partial charge in [0.05, 0.1) is 13.2 Å². The third-order valence-corrected chi connectivity index (χ3v) is 7.59. The molecule has 0 radical (unpaired) electrons. The van der Waals surface area contributed by atoms with Crippen molar-refractivity contribution in [1.82, 2.24) is 0 Å². The van der Waals surface area contributed by atoms with Crippen LogP contribution < -0.4 is 15.2 Å². The van der Waals surface area contributed by atoms with Crippen LogP contribution in [0, 0.1) is 0 Å². The molecule has 236 valence electrons. The van der Waals surface area contributed by atoms with E-state index in [9.17, 15) is 19.0 Å². The Kier molecular flexibility index (Phi) is 12.3. The van der Waals surface area contributed by atoms with E-state index in [1.165, 1.54) is 0 Å². The van der Waals surface area contributed by atoms with Crippen molar-refractivity contribution < 1.29 is 52.1 Å². The number of carboxylic acids is 1. The second kappa shape index (κ2) is 16.3. The van der Waals surface area contributed by atoms with Crippen LogP contribution in [0.5, 0.6) is 17.2 Å². The van der Waals surface area contributed by atoms with Crippen LogP contribution in [0.2, 0.25) is 0 Å². The Morgan fingerprint density at radius 3 is 2.55 bits per heavy atom. The van der Waals surface area contributed by atoms with E-state index >= 15 is 0 Å². The maximum atomic E-state index is 12.8. The number of benzene rings is 3. The first-order valence-electron chi connectivity index (χ1n) is 14.1. The minimum absolute atomic E-state index is 0.0690. The highest BCUT2D eigenvalue weighted by molar-refractivity contribution is 7.47. The monoisotopic (exact) mass is 629 g/mol. The second-order valence-corrected chi connectivity index (χ2v) is 11.5. The molecule has 0 amide bonds. The molecule has 0 aromatic heterocycles. The molecule has 4 rings (SSSR count). The van der Waals surface area contributed by atoms with Crippen molar-refractivity contribution in [2.45, 2.75) is 50.5 Å². The number of phosphoric acid groups is 1. The molecular weight excluding hydrogens is 593 g/mol. The van der Waals surface area contributed by atoms with Gasteiger partial charge in [0.15, 0.2) is 0 Å². The molecule has 1 unspecified atom stereocenters. The molecule has 1 saturated heterocycles. The minimum atomic E-state index is -4.60. The summed E-state index contributed by atoms with van der Waals surface area (Å²) in [7, 11) is -4.60. The van der Waals surface area contributed by atoms with Crippen molar-refractivity contribution in [2.75, 3.05) is 19.8 Å². The Balaban J connectivity index is 1.26. The van der Waals surface area contributed by atoms with Crippen molar-refractivity contribution in [3.8, 4) is 17.2 Å². The number of nitrogens with two attached hydrogens (primary N) is 1. The van der Waals surface area contributed by atoms with Gasteiger partial charge in [-0.25, -0.2) is 4.57 Å². The average molecular weight is 630 g/mol. The zero-order chi connectivity index (χ0) is 31.4. The topological polar surface area (TPSA) is 173 Å². The number of esters is 1. The van der Waals surface area contributed by atoms with E-state index in [2.05, 4.69) is 4.52 Å². The zero-order valence-electron chi connectivity index (χ0n) is 24.0. The Hall–Kier alpha value is -3.77. The predicted molar refractivity (Wildman–Crippen MR) is 158 cm³/mol. The van der Waals surface area contributed by atoms with Crippen LogP contribution in [-0.2, 0) is 45.7 Å². The lowest BCUT2D eigenvalue weighted by Gasteiger charge is -2.31. The van der Waals surface area contributed by atoms with Gasteiger partial charge in [0, 0.05) is 13.0 Å². The molecule has 12 nitrogen and oxygen atoms in total. The van der Waals surface area contributed by atoms with Gasteiger partial charge in [-0.2, -0.15) is 0 Å². The number of phosphoric ester groups is 1. The van der Waals surface area contributed by atoms with Gasteiger partial charge in [0.25, 0.3) is 0 Å². The summed E-state index contributed by atoms with van der Waals surface area (Å²) in [5.74, 6) is 0.217. The van der Waals surface area contributed by atoms with Crippen molar-refractivity contribution >= 4 is 19.8 Å². The molecular formula is C31H36NO11P. The summed E-state index contributed by atoms with van der Waals surface area (Å²) < 4.78 is 45.0. The molecule has 4 atom stereocenters. The van der Waals surface area contributed by atoms with E-state index in [1.54, 1.807) is 0 Å². The lowest BCUT2D eigenvalue weighted by Crippen LogP contribution is -2.40. The van der Waals surface area contributed by atoms with Crippen LogP contribution in [0.3, 0.4) is 0 Å². The third kappa shape index (κ3) is 10.7. The van der Waals surface area contributed by atoms with Gasteiger partial charge in [-0.15, -0.1) is 0 Å². The highest BCUT2D eigenvalue weighted by Crippen LogP contribution is 2.43. The largest absolute Gasteiger partial charge is 0.489 e. The summed E-state index contributed by atoms with van der Waals surface area (Å²) >= 11 is 0. The maximum Gasteiger partial charge on any atom is 0.472 e. The zero-order valence-corrected chi connectivity index (χ0v) is 24.9. The Morgan fingerprint density at radius 1 is 1.00 bits per heavy atom. The molecule has 0 saturated carbocycles. The van der Waals surface area contributed by atoms with Crippen molar-refractivity contribution in [2.24, 2.45) is 5.73 Å². The summed E-state index contributed by atoms with van der Waals surface area (Å²) in [4.78, 5) is 33.4. The summed E-state index contributed by atoms with van der Waals surface area (Å²) in [6.45, 7) is -0.459. The third-order valence-electron chi connectivity index (χ3n) is 6.64. The van der Waals surface area contributed by atoms with Crippen LogP contribution >= 0.6 is 7.82 Å². The number of carbonyl (C=O) groups excluding carboxylic acids is 1. The first kappa shape index (κ1) is 33.1. The quantitative estimate of drug-likeness (QED) is 0.148. The molecule has 1 heterocycles. The fourth-order valence-corrected chi connectivity index (χ4v) is 5.11. The smallest absolute Gasteiger partial charge is 0.472 e. The summed E-state index contributed by atoms with van der Waals surface area (Å²) in [5.41, 5.74) is 7.03. The number of hydrogen-bond acceptors (Lipinski definition) is 10. The van der Waals surface area contributed by atoms with Crippen molar-refractivity contribution in [1.29, 1.82) is 0 Å². The van der Waals surface area contributed by atoms with E-state index in [0.717, 1.165) is 16.9 Å². The van der Waals surface area contributed by atoms with Crippen molar-refractivity contribution in [3.05, 3.63) is 90.0 Å². The number of hydrogen-bond donors (Lipinski definition) is 3. The van der Waals surface area contributed by atoms with Crippen LogP contribution in [0.4, 0.5) is 0 Å². The molecule has 3 aromatic rings. The number of para-hydroxylation sites is 2. The number of carboxylic acid groups (broad SMARTS) is 1. The fourth-order valence-electron chi connectivity index (χ4n) is 4.35. The Labute approximate surface area is 255 Å². The van der Waals surface area contributed by atoms with Gasteiger partial charge in [-0.05, 0) is 60.7 Å². The van der Waals surface area contributed by atoms with Gasteiger partial charge in [-0.3, -0.25) is 18.6 Å². The molecule has 1 aliphatic rings. The molecule has 0 aliphatic carbocycles. The number of aryl methyl sites for hydroxylation is 1. The molecule has 0 bridgehead atoms. The molecule has 1 fully saturated rings. The highest BCUT2D eigenvalue weighted by atomic mass is 31.2. The second-order valence-electron chi connectivity index (χ2n) is 10.0. The van der Waals surface area contributed by atoms with Crippen LogP contribution in [0.1, 0.15) is 30.4 Å². The Morgan fingerprint density at radius 2 is 1.75 bits per heavy atom. The minimum Gasteiger partial charge on any atom is -0.489 e. The van der Waals surface area contributed by atoms with E-state index in [1.807, 2.05) is 78.9 Å². The van der Waals surface area contributed by atoms with Gasteiger partial charge in [-0.1, -0.05) is 48.5 Å². The van der Waals surface area contributed by atoms with Crippen molar-refractivity contribution in [3.63, 3.8) is 0 Å². The van der Waals surface area contributed by atoms with Crippen LogP contribution in [-0.4, -0.2) is 60.0 Å². The first-order valence-corrected chi connectivity index (χ1v) is 15.6. The first-order chi connectivity index (χ1) is 21.2. The molecule has 3 aromatic carbocycles. The van der Waals surface area contributed by atoms with Gasteiger partial charge < -0.3 is 34.7 Å². The molecule has 13 heteroatoms. The number of aliphatic carboxylic acids is 1. The summed E-state index contributed by atoms with van der Waals surface area (Å²) in [6, 6.07) is 23.1. The van der Waals surface area contributed by atoms with E-state index in [4.69, 9.17) is 34.3 Å². The van der Waals surface area contributed by atoms with Gasteiger partial charge >= 0.3 is 19.8 Å². The standard InChI is InChI=1S/C31H36NO11P/c32-26(31(34)35)20-40-44(36,37)41-21-29-28(14-7-17-38-29)43-30(33)16-15-23-9-4-5-13-27(23)39-19-22-8-6-12-25(18-22)42-24-10-2-1-3-11-24/h1-6,8-13,18,26,28-29H,7,14-17,19-21,32H2,(H,34,35)(H,36,37)/t26-,28-,29+/m0/s1. The number of rotatable bonds is 16. The SMILES string of the molecule is N[C@@H](COP(=O)(O)OC[C@H]1OCCC[C@@H]1OC(=O)CCc1ccccc1OCc1cccc(Oc2ccccc2)c1)C(=O)O. The van der Waals surface area contributed by atoms with E-state index < -0.39 is 51.2 Å². The van der Waals surface area contributed by atoms with E-state index in [-0.39, 0.29) is 6.42 Å². The molecule has 44 heavy (non-hydrogen) atoms. The fraction of sp³-hybridized carbons (Fsp3) is 0.355. The number of ether oxygens (including phenoxy) is 4. The average Bonchev–Trinajstić information content (AvgIpc) is 3.02. The van der Waals surface area contributed by atoms with Crippen LogP contribution in [0.25, 0.3) is 0 Å². The van der Waals surface area contributed by atoms with Gasteiger partial charge in [0.1, 0.15) is 42.1 Å². The molecule has 4 N–H and O–H groups in total. The predicted octanol–water partition coefficient (Wildman–Crippen LogP) is 4.63. The lowest BCUT2D eigenvalue weighted by atomic mass is 10.1. The van der Waals surface area contributed by atoms with E-state index in [0.29, 0.717) is 44.0 Å². The van der Waals surface area contributed by atoms with Crippen LogP contribution in [0.15, 0.2) is 78.9 Å². The van der Waals surface area contributed by atoms with Gasteiger partial charge in [0.2, 0.25) is 0 Å². The highest BCUT2D eigenvalue weighted by Gasteiger charge is 2.33. The Bertz CT molecular complexity index is 1420. The summed E-state index contributed by atoms with van der Waals surface area (Å²) in [5, 5.41) is 8.79. The normalized spacial score (nSPS) is 18.5. The molecule has 0 spiro atoms. The maximum absolute atomic E-state index is 12.8. The summed E-state index contributed by atoms with van der Waals surface area (Å²) in [6.07, 6.45) is 0.0389. The number of carbonyl (C=O) groups is 2. The molecule has 1 aliphatic heterocycles. The lowest BCUT2D eigenvalue weighted by molar-refractivity contribution is -0.166.